The third-order valence-electron chi connectivity index (χ3n) is 5.74. The largest absolute Gasteiger partial charge is 0.480 e. The molecular weight excluding hydrogens is 402 g/mol. The number of hydrogen-bond donors (Lipinski definition) is 1. The van der Waals surface area contributed by atoms with Crippen LogP contribution in [0.3, 0.4) is 0 Å². The molecule has 0 aromatic heterocycles. The summed E-state index contributed by atoms with van der Waals surface area (Å²) in [6.07, 6.45) is 0. The van der Waals surface area contributed by atoms with Crippen LogP contribution in [0.2, 0.25) is 13.1 Å². The predicted octanol–water partition coefficient (Wildman–Crippen LogP) is 3.61. The van der Waals surface area contributed by atoms with E-state index in [0.717, 1.165) is 10.4 Å². The van der Waals surface area contributed by atoms with Gasteiger partial charge < -0.3 is 14.4 Å². The zero-order valence-electron chi connectivity index (χ0n) is 18.2. The second-order valence-electron chi connectivity index (χ2n) is 9.25. The van der Waals surface area contributed by atoms with Gasteiger partial charge in [-0.1, -0.05) is 70.2 Å². The van der Waals surface area contributed by atoms with Crippen LogP contribution in [0.4, 0.5) is 0 Å². The van der Waals surface area contributed by atoms with Crippen LogP contribution in [0.15, 0.2) is 30.3 Å². The Morgan fingerprint density at radius 2 is 1.86 bits per heavy atom. The average Bonchev–Trinajstić information content (AvgIpc) is 2.64. The third kappa shape index (κ3) is 5.52. The Labute approximate surface area is 181 Å². The lowest BCUT2D eigenvalue weighted by Gasteiger charge is -2.54. The van der Waals surface area contributed by atoms with E-state index in [1.807, 2.05) is 37.3 Å². The molecule has 1 fully saturated rings. The highest BCUT2D eigenvalue weighted by Gasteiger charge is 2.56. The number of rotatable bonds is 9. The Morgan fingerprint density at radius 3 is 2.34 bits per heavy atom. The fourth-order valence-corrected chi connectivity index (χ4v) is 4.99. The molecule has 1 aliphatic heterocycles. The van der Waals surface area contributed by atoms with E-state index in [1.54, 1.807) is 0 Å². The molecule has 0 unspecified atom stereocenters. The van der Waals surface area contributed by atoms with Crippen molar-refractivity contribution in [2.24, 2.45) is 23.2 Å². The third-order valence-corrected chi connectivity index (χ3v) is 7.21. The summed E-state index contributed by atoms with van der Waals surface area (Å²) in [5.41, 5.74) is 0.798. The molecule has 1 N–H and O–H groups in total. The van der Waals surface area contributed by atoms with Gasteiger partial charge in [-0.05, 0) is 30.0 Å². The molecule has 0 radical (unpaired) electrons. The van der Waals surface area contributed by atoms with Gasteiger partial charge >= 0.3 is 5.97 Å². The maximum absolute atomic E-state index is 13.1. The molecule has 1 aromatic rings. The summed E-state index contributed by atoms with van der Waals surface area (Å²) in [6.45, 7) is 12.8. The first-order chi connectivity index (χ1) is 13.4. The van der Waals surface area contributed by atoms with E-state index < -0.39 is 15.0 Å². The Hall–Kier alpha value is -1.57. The highest BCUT2D eigenvalue weighted by atomic mass is 32.1. The number of amides is 1. The molecule has 29 heavy (non-hydrogen) atoms. The molecule has 7 heteroatoms. The van der Waals surface area contributed by atoms with E-state index in [0.29, 0.717) is 6.61 Å². The number of aliphatic carboxylic acids is 1. The first-order valence-electron chi connectivity index (χ1n) is 10.2. The van der Waals surface area contributed by atoms with Crippen molar-refractivity contribution < 1.29 is 19.1 Å². The number of benzene rings is 1. The smallest absolute Gasteiger partial charge is 0.323 e. The molecule has 1 saturated heterocycles. The molecule has 160 valence electrons. The van der Waals surface area contributed by atoms with Crippen LogP contribution < -0.4 is 0 Å². The van der Waals surface area contributed by atoms with Crippen LogP contribution in [-0.4, -0.2) is 55.0 Å². The van der Waals surface area contributed by atoms with Gasteiger partial charge in [0.15, 0.2) is 9.04 Å². The van der Waals surface area contributed by atoms with Gasteiger partial charge in [-0.2, -0.15) is 0 Å². The Balaban J connectivity index is 2.36. The molecule has 1 aromatic carbocycles. The van der Waals surface area contributed by atoms with Crippen molar-refractivity contribution in [3.8, 4) is 0 Å². The van der Waals surface area contributed by atoms with Crippen molar-refractivity contribution >= 4 is 38.0 Å². The van der Waals surface area contributed by atoms with Gasteiger partial charge in [0.1, 0.15) is 6.54 Å². The number of hydrogen-bond acceptors (Lipinski definition) is 4. The van der Waals surface area contributed by atoms with Crippen LogP contribution in [0.5, 0.6) is 0 Å². The second-order valence-corrected chi connectivity index (χ2v) is 12.1. The van der Waals surface area contributed by atoms with Gasteiger partial charge in [0.05, 0.1) is 12.0 Å². The average molecular weight is 436 g/mol. The minimum absolute atomic E-state index is 0.000897. The lowest BCUT2D eigenvalue weighted by molar-refractivity contribution is -0.173. The van der Waals surface area contributed by atoms with Crippen molar-refractivity contribution in [1.82, 2.24) is 4.90 Å². The standard InChI is InChI=1S/C22H33NO4SSi/c1-14(20(28)15-10-8-7-9-11-15)19-18(21(26)23(19)12-17(24)25)16(22(2,3)4)13-27-29(5)6/h7-11,14,16,18-19,29H,12-13H2,1-6H3,(H,24,25)/t14-,16-,18+,19-/m1/s1. The number of carboxylic acid groups (broad SMARTS) is 1. The van der Waals surface area contributed by atoms with Crippen molar-refractivity contribution in [3.05, 3.63) is 35.9 Å². The molecule has 2 rings (SSSR count). The van der Waals surface area contributed by atoms with Crippen LogP contribution in [0, 0.1) is 23.2 Å². The highest BCUT2D eigenvalue weighted by Crippen LogP contribution is 2.45. The number of carbonyl (C=O) groups is 2. The highest BCUT2D eigenvalue weighted by molar-refractivity contribution is 7.80. The van der Waals surface area contributed by atoms with E-state index in [2.05, 4.69) is 33.9 Å². The summed E-state index contributed by atoms with van der Waals surface area (Å²) in [7, 11) is -1.24. The van der Waals surface area contributed by atoms with Gasteiger partial charge in [0.25, 0.3) is 0 Å². The number of carbonyl (C=O) groups excluding carboxylic acids is 1. The van der Waals surface area contributed by atoms with Crippen molar-refractivity contribution in [1.29, 1.82) is 0 Å². The zero-order valence-corrected chi connectivity index (χ0v) is 20.2. The molecule has 0 spiro atoms. The molecule has 1 heterocycles. The van der Waals surface area contributed by atoms with Gasteiger partial charge in [0.2, 0.25) is 5.91 Å². The molecule has 4 atom stereocenters. The van der Waals surface area contributed by atoms with E-state index >= 15 is 0 Å². The second kappa shape index (κ2) is 9.49. The van der Waals surface area contributed by atoms with Gasteiger partial charge in [-0.25, -0.2) is 0 Å². The molecule has 0 saturated carbocycles. The Bertz CT molecular complexity index is 747. The van der Waals surface area contributed by atoms with E-state index in [4.69, 9.17) is 16.6 Å². The van der Waals surface area contributed by atoms with Crippen LogP contribution in [0.25, 0.3) is 0 Å². The fraction of sp³-hybridized carbons (Fsp3) is 0.591. The minimum Gasteiger partial charge on any atom is -0.480 e. The minimum atomic E-state index is -1.24. The number of thiocarbonyl (C=S) groups is 1. The van der Waals surface area contributed by atoms with Gasteiger partial charge in [0, 0.05) is 17.4 Å². The Morgan fingerprint density at radius 1 is 1.28 bits per heavy atom. The summed E-state index contributed by atoms with van der Waals surface area (Å²) in [4.78, 5) is 26.7. The summed E-state index contributed by atoms with van der Waals surface area (Å²) in [6, 6.07) is 9.49. The summed E-state index contributed by atoms with van der Waals surface area (Å²) in [5, 5.41) is 9.34. The molecule has 1 amide bonds. The monoisotopic (exact) mass is 435 g/mol. The predicted molar refractivity (Wildman–Crippen MR) is 122 cm³/mol. The van der Waals surface area contributed by atoms with Crippen LogP contribution >= 0.6 is 12.2 Å². The molecular formula is C22H33NO4SSi. The maximum Gasteiger partial charge on any atom is 0.323 e. The van der Waals surface area contributed by atoms with Gasteiger partial charge in [-0.3, -0.25) is 9.59 Å². The van der Waals surface area contributed by atoms with Crippen LogP contribution in [0.1, 0.15) is 33.3 Å². The molecule has 0 bridgehead atoms. The molecule has 0 aliphatic carbocycles. The number of likely N-dealkylation sites (tertiary alicyclic amines) is 1. The summed E-state index contributed by atoms with van der Waals surface area (Å²) < 4.78 is 6.04. The van der Waals surface area contributed by atoms with E-state index in [9.17, 15) is 14.7 Å². The van der Waals surface area contributed by atoms with Crippen molar-refractivity contribution in [3.63, 3.8) is 0 Å². The zero-order chi connectivity index (χ0) is 21.9. The number of carboxylic acids is 1. The van der Waals surface area contributed by atoms with Gasteiger partial charge in [-0.15, -0.1) is 0 Å². The van der Waals surface area contributed by atoms with E-state index in [1.165, 1.54) is 4.90 Å². The number of β-lactam (4-membered cyclic amide) rings is 1. The first-order valence-corrected chi connectivity index (χ1v) is 13.4. The Kier molecular flexibility index (Phi) is 7.76. The lowest BCUT2D eigenvalue weighted by atomic mass is 9.63. The molecule has 5 nitrogen and oxygen atoms in total. The summed E-state index contributed by atoms with van der Waals surface area (Å²) >= 11 is 5.75. The number of nitrogens with zero attached hydrogens (tertiary/aromatic N) is 1. The normalized spacial score (nSPS) is 21.6. The fourth-order valence-electron chi connectivity index (χ4n) is 4.13. The van der Waals surface area contributed by atoms with E-state index in [-0.39, 0.29) is 41.7 Å². The molecule has 1 aliphatic rings. The quantitative estimate of drug-likeness (QED) is 0.278. The summed E-state index contributed by atoms with van der Waals surface area (Å²) in [5.74, 6) is -1.53. The SMILES string of the molecule is C[C@@H](C(=S)c1ccccc1)[C@@H]1[C@H]([C@@H](CO[SiH](C)C)C(C)(C)C)C(=O)N1CC(=O)O. The van der Waals surface area contributed by atoms with Crippen LogP contribution in [-0.2, 0) is 14.0 Å². The first kappa shape index (κ1) is 23.7. The topological polar surface area (TPSA) is 66.8 Å². The maximum atomic E-state index is 13.1. The van der Waals surface area contributed by atoms with Crippen molar-refractivity contribution in [2.75, 3.05) is 13.2 Å². The van der Waals surface area contributed by atoms with Crippen molar-refractivity contribution in [2.45, 2.75) is 46.8 Å². The lowest BCUT2D eigenvalue weighted by Crippen LogP contribution is -2.69.